The van der Waals surface area contributed by atoms with Crippen molar-refractivity contribution in [3.8, 4) is 0 Å². The average Bonchev–Trinajstić information content (AvgIpc) is 2.58. The van der Waals surface area contributed by atoms with Gasteiger partial charge in [0, 0.05) is 6.08 Å². The van der Waals surface area contributed by atoms with Crippen molar-refractivity contribution < 1.29 is 9.53 Å². The van der Waals surface area contributed by atoms with Gasteiger partial charge in [0.05, 0.1) is 6.61 Å². The van der Waals surface area contributed by atoms with Crippen LogP contribution in [0, 0.1) is 5.92 Å². The molecule has 1 atom stereocenters. The van der Waals surface area contributed by atoms with Crippen LogP contribution in [-0.4, -0.2) is 12.6 Å². The molecule has 136 valence electrons. The molecule has 2 nitrogen and oxygen atoms in total. The van der Waals surface area contributed by atoms with Gasteiger partial charge in [-0.15, -0.1) is 0 Å². The number of carbonyl (C=O) groups excluding carboxylic acids is 1. The second kappa shape index (κ2) is 17.6. The SMILES string of the molecule is C=CC(=O)OCC(CC)CCCCCCCCCCCCCC. The lowest BCUT2D eigenvalue weighted by Gasteiger charge is -2.14. The molecular formula is C21H40O2. The van der Waals surface area contributed by atoms with Crippen LogP contribution in [0.15, 0.2) is 12.7 Å². The van der Waals surface area contributed by atoms with Crippen LogP contribution in [0.1, 0.15) is 104 Å². The van der Waals surface area contributed by atoms with E-state index in [1.54, 1.807) is 0 Å². The summed E-state index contributed by atoms with van der Waals surface area (Å²) in [6, 6.07) is 0. The molecule has 0 aliphatic rings. The number of rotatable bonds is 17. The molecule has 1 unspecified atom stereocenters. The monoisotopic (exact) mass is 324 g/mol. The highest BCUT2D eigenvalue weighted by molar-refractivity contribution is 5.81. The zero-order valence-corrected chi connectivity index (χ0v) is 15.8. The minimum Gasteiger partial charge on any atom is -0.462 e. The second-order valence-corrected chi connectivity index (χ2v) is 6.79. The summed E-state index contributed by atoms with van der Waals surface area (Å²) >= 11 is 0. The Labute approximate surface area is 145 Å². The normalized spacial score (nSPS) is 12.1. The van der Waals surface area contributed by atoms with Crippen LogP contribution in [0.2, 0.25) is 0 Å². The molecule has 0 aliphatic heterocycles. The lowest BCUT2D eigenvalue weighted by Crippen LogP contribution is -2.12. The Bertz CT molecular complexity index is 273. The summed E-state index contributed by atoms with van der Waals surface area (Å²) in [7, 11) is 0. The number of esters is 1. The first-order chi connectivity index (χ1) is 11.2. The molecule has 0 aromatic carbocycles. The molecule has 0 spiro atoms. The summed E-state index contributed by atoms with van der Waals surface area (Å²) in [5.74, 6) is 0.222. The molecular weight excluding hydrogens is 284 g/mol. The van der Waals surface area contributed by atoms with Gasteiger partial charge in [0.25, 0.3) is 0 Å². The predicted octanol–water partition coefficient (Wildman–Crippen LogP) is 6.83. The van der Waals surface area contributed by atoms with Gasteiger partial charge >= 0.3 is 5.97 Å². The van der Waals surface area contributed by atoms with Crippen LogP contribution in [0.4, 0.5) is 0 Å². The Morgan fingerprint density at radius 1 is 0.870 bits per heavy atom. The molecule has 0 saturated carbocycles. The van der Waals surface area contributed by atoms with Gasteiger partial charge in [-0.05, 0) is 12.3 Å². The maximum absolute atomic E-state index is 11.1. The first-order valence-corrected chi connectivity index (χ1v) is 10.0. The first kappa shape index (κ1) is 22.2. The van der Waals surface area contributed by atoms with Crippen LogP contribution in [0.5, 0.6) is 0 Å². The molecule has 2 heteroatoms. The number of hydrogen-bond donors (Lipinski definition) is 0. The third kappa shape index (κ3) is 15.9. The molecule has 0 amide bonds. The molecule has 0 N–H and O–H groups in total. The standard InChI is InChI=1S/C21H40O2/c1-4-7-8-9-10-11-12-13-14-15-16-17-18-20(5-2)19-23-21(22)6-3/h6,20H,3-5,7-19H2,1-2H3. The van der Waals surface area contributed by atoms with Gasteiger partial charge in [-0.3, -0.25) is 0 Å². The molecule has 0 heterocycles. The molecule has 0 saturated heterocycles. The maximum Gasteiger partial charge on any atom is 0.330 e. The highest BCUT2D eigenvalue weighted by Gasteiger charge is 2.08. The van der Waals surface area contributed by atoms with Crippen molar-refractivity contribution >= 4 is 5.97 Å². The predicted molar refractivity (Wildman–Crippen MR) is 101 cm³/mol. The minimum absolute atomic E-state index is 0.293. The van der Waals surface area contributed by atoms with Crippen LogP contribution < -0.4 is 0 Å². The first-order valence-electron chi connectivity index (χ1n) is 10.0. The van der Waals surface area contributed by atoms with E-state index < -0.39 is 0 Å². The van der Waals surface area contributed by atoms with E-state index in [-0.39, 0.29) is 5.97 Å². The smallest absolute Gasteiger partial charge is 0.330 e. The van der Waals surface area contributed by atoms with E-state index in [0.717, 1.165) is 6.42 Å². The van der Waals surface area contributed by atoms with E-state index in [0.29, 0.717) is 12.5 Å². The van der Waals surface area contributed by atoms with Crippen LogP contribution >= 0.6 is 0 Å². The molecule has 0 aromatic rings. The molecule has 0 radical (unpaired) electrons. The Kier molecular flexibility index (Phi) is 17.0. The van der Waals surface area contributed by atoms with E-state index >= 15 is 0 Å². The third-order valence-corrected chi connectivity index (χ3v) is 4.67. The topological polar surface area (TPSA) is 26.3 Å². The lowest BCUT2D eigenvalue weighted by atomic mass is 9.98. The van der Waals surface area contributed by atoms with E-state index in [1.165, 1.54) is 89.5 Å². The van der Waals surface area contributed by atoms with Crippen molar-refractivity contribution in [1.82, 2.24) is 0 Å². The number of unbranched alkanes of at least 4 members (excludes halogenated alkanes) is 11. The number of ether oxygens (including phenoxy) is 1. The summed E-state index contributed by atoms with van der Waals surface area (Å²) in [6.07, 6.45) is 20.1. The molecule has 0 fully saturated rings. The zero-order valence-electron chi connectivity index (χ0n) is 15.8. The van der Waals surface area contributed by atoms with Gasteiger partial charge < -0.3 is 4.74 Å². The Balaban J connectivity index is 3.30. The van der Waals surface area contributed by atoms with Gasteiger partial charge in [0.2, 0.25) is 0 Å². The molecule has 0 rings (SSSR count). The van der Waals surface area contributed by atoms with Crippen molar-refractivity contribution in [1.29, 1.82) is 0 Å². The second-order valence-electron chi connectivity index (χ2n) is 6.79. The lowest BCUT2D eigenvalue weighted by molar-refractivity contribution is -0.139. The zero-order chi connectivity index (χ0) is 17.2. The Hall–Kier alpha value is -0.790. The quantitative estimate of drug-likeness (QED) is 0.166. The highest BCUT2D eigenvalue weighted by Crippen LogP contribution is 2.16. The van der Waals surface area contributed by atoms with Gasteiger partial charge in [-0.2, -0.15) is 0 Å². The summed E-state index contributed by atoms with van der Waals surface area (Å²) in [6.45, 7) is 8.43. The van der Waals surface area contributed by atoms with Gasteiger partial charge in [0.15, 0.2) is 0 Å². The van der Waals surface area contributed by atoms with Crippen LogP contribution in [-0.2, 0) is 9.53 Å². The maximum atomic E-state index is 11.1. The summed E-state index contributed by atoms with van der Waals surface area (Å²) in [4.78, 5) is 11.1. The fourth-order valence-corrected chi connectivity index (χ4v) is 2.94. The van der Waals surface area contributed by atoms with Crippen molar-refractivity contribution in [3.05, 3.63) is 12.7 Å². The van der Waals surface area contributed by atoms with Gasteiger partial charge in [-0.25, -0.2) is 4.79 Å². The molecule has 0 aliphatic carbocycles. The highest BCUT2D eigenvalue weighted by atomic mass is 16.5. The molecule has 0 aromatic heterocycles. The summed E-state index contributed by atoms with van der Waals surface area (Å²) in [5, 5.41) is 0. The third-order valence-electron chi connectivity index (χ3n) is 4.67. The van der Waals surface area contributed by atoms with Gasteiger partial charge in [-0.1, -0.05) is 104 Å². The van der Waals surface area contributed by atoms with Gasteiger partial charge in [0.1, 0.15) is 0 Å². The van der Waals surface area contributed by atoms with Crippen LogP contribution in [0.3, 0.4) is 0 Å². The molecule has 0 bridgehead atoms. The van der Waals surface area contributed by atoms with Crippen molar-refractivity contribution in [3.63, 3.8) is 0 Å². The minimum atomic E-state index is -0.293. The number of hydrogen-bond acceptors (Lipinski definition) is 2. The van der Waals surface area contributed by atoms with E-state index in [9.17, 15) is 4.79 Å². The largest absolute Gasteiger partial charge is 0.462 e. The molecule has 23 heavy (non-hydrogen) atoms. The average molecular weight is 325 g/mol. The van der Waals surface area contributed by atoms with Crippen molar-refractivity contribution in [2.24, 2.45) is 5.92 Å². The van der Waals surface area contributed by atoms with E-state index in [2.05, 4.69) is 20.4 Å². The Morgan fingerprint density at radius 2 is 1.35 bits per heavy atom. The Morgan fingerprint density at radius 3 is 1.78 bits per heavy atom. The summed E-state index contributed by atoms with van der Waals surface area (Å²) < 4.78 is 5.14. The fraction of sp³-hybridized carbons (Fsp3) is 0.857. The van der Waals surface area contributed by atoms with Crippen molar-refractivity contribution in [2.45, 2.75) is 104 Å². The van der Waals surface area contributed by atoms with E-state index in [4.69, 9.17) is 4.74 Å². The van der Waals surface area contributed by atoms with E-state index in [1.807, 2.05) is 0 Å². The number of carbonyl (C=O) groups is 1. The summed E-state index contributed by atoms with van der Waals surface area (Å²) in [5.41, 5.74) is 0. The van der Waals surface area contributed by atoms with Crippen LogP contribution in [0.25, 0.3) is 0 Å². The van der Waals surface area contributed by atoms with Crippen molar-refractivity contribution in [2.75, 3.05) is 6.61 Å². The fourth-order valence-electron chi connectivity index (χ4n) is 2.94.